The molecule has 2 heterocycles. The van der Waals surface area contributed by atoms with Gasteiger partial charge in [0.15, 0.2) is 0 Å². The van der Waals surface area contributed by atoms with E-state index in [0.717, 1.165) is 35.4 Å². The molecule has 0 bridgehead atoms. The third-order valence-corrected chi connectivity index (χ3v) is 5.01. The highest BCUT2D eigenvalue weighted by Gasteiger charge is 2.38. The molecule has 2 atom stereocenters. The van der Waals surface area contributed by atoms with Gasteiger partial charge in [-0.05, 0) is 48.9 Å². The van der Waals surface area contributed by atoms with Gasteiger partial charge in [0.05, 0.1) is 24.8 Å². The van der Waals surface area contributed by atoms with Gasteiger partial charge in [0.2, 0.25) is 0 Å². The first-order valence-corrected chi connectivity index (χ1v) is 8.47. The molecule has 1 aromatic heterocycles. The predicted molar refractivity (Wildman–Crippen MR) is 90.2 cm³/mol. The summed E-state index contributed by atoms with van der Waals surface area (Å²) >= 11 is 0. The van der Waals surface area contributed by atoms with Crippen LogP contribution < -0.4 is 4.74 Å². The van der Waals surface area contributed by atoms with Crippen molar-refractivity contribution in [1.82, 2.24) is 9.88 Å². The number of aromatic nitrogens is 1. The van der Waals surface area contributed by atoms with Crippen LogP contribution in [0, 0.1) is 0 Å². The lowest BCUT2D eigenvalue weighted by molar-refractivity contribution is 0.0714. The monoisotopic (exact) mass is 326 g/mol. The zero-order valence-corrected chi connectivity index (χ0v) is 13.7. The minimum atomic E-state index is -0.492. The first kappa shape index (κ1) is 15.3. The molecule has 1 saturated heterocycles. The molecule has 126 valence electrons. The van der Waals surface area contributed by atoms with Crippen LogP contribution in [-0.4, -0.2) is 40.7 Å². The van der Waals surface area contributed by atoms with Crippen molar-refractivity contribution in [2.45, 2.75) is 37.3 Å². The number of nitrogens with one attached hydrogen (secondary N) is 1. The summed E-state index contributed by atoms with van der Waals surface area (Å²) in [4.78, 5) is 18.1. The van der Waals surface area contributed by atoms with Crippen molar-refractivity contribution in [3.63, 3.8) is 0 Å². The molecule has 0 radical (unpaired) electrons. The summed E-state index contributed by atoms with van der Waals surface area (Å²) in [7, 11) is 1.63. The SMILES string of the molecule is COc1cccc(C2CC(O)CN2C(=O)c2cc[nH]c2C2CC2)c1. The van der Waals surface area contributed by atoms with Gasteiger partial charge in [-0.25, -0.2) is 0 Å². The maximum absolute atomic E-state index is 13.1. The Kier molecular flexibility index (Phi) is 3.81. The molecule has 2 N–H and O–H groups in total. The fourth-order valence-electron chi connectivity index (χ4n) is 3.64. The number of amides is 1. The lowest BCUT2D eigenvalue weighted by atomic mass is 10.0. The number of hydrogen-bond donors (Lipinski definition) is 2. The van der Waals surface area contributed by atoms with Gasteiger partial charge in [-0.3, -0.25) is 4.79 Å². The summed E-state index contributed by atoms with van der Waals surface area (Å²) in [5.74, 6) is 1.26. The molecule has 1 aliphatic carbocycles. The van der Waals surface area contributed by atoms with Crippen LogP contribution in [0.4, 0.5) is 0 Å². The highest BCUT2D eigenvalue weighted by Crippen LogP contribution is 2.42. The molecule has 1 aliphatic heterocycles. The van der Waals surface area contributed by atoms with Gasteiger partial charge in [-0.1, -0.05) is 12.1 Å². The van der Waals surface area contributed by atoms with Crippen LogP contribution in [-0.2, 0) is 0 Å². The van der Waals surface area contributed by atoms with E-state index in [1.807, 2.05) is 36.5 Å². The maximum atomic E-state index is 13.1. The van der Waals surface area contributed by atoms with Crippen molar-refractivity contribution in [3.8, 4) is 5.75 Å². The van der Waals surface area contributed by atoms with Crippen LogP contribution >= 0.6 is 0 Å². The zero-order chi connectivity index (χ0) is 16.7. The second-order valence-electron chi connectivity index (χ2n) is 6.72. The Morgan fingerprint density at radius 3 is 2.92 bits per heavy atom. The Morgan fingerprint density at radius 2 is 2.17 bits per heavy atom. The molecule has 5 heteroatoms. The standard InChI is InChI=1S/C19H22N2O3/c1-24-15-4-2-3-13(9-15)17-10-14(22)11-21(17)19(23)16-7-8-20-18(16)12-5-6-12/h2-4,7-9,12,14,17,20,22H,5-6,10-11H2,1H3. The summed E-state index contributed by atoms with van der Waals surface area (Å²) < 4.78 is 5.30. The van der Waals surface area contributed by atoms with Crippen molar-refractivity contribution in [2.24, 2.45) is 0 Å². The van der Waals surface area contributed by atoms with E-state index in [1.165, 1.54) is 0 Å². The van der Waals surface area contributed by atoms with E-state index in [4.69, 9.17) is 4.74 Å². The van der Waals surface area contributed by atoms with E-state index in [-0.39, 0.29) is 11.9 Å². The average Bonchev–Trinajstić information content (AvgIpc) is 3.19. The molecule has 5 nitrogen and oxygen atoms in total. The number of carbonyl (C=O) groups is 1. The molecule has 24 heavy (non-hydrogen) atoms. The van der Waals surface area contributed by atoms with Gasteiger partial charge in [-0.15, -0.1) is 0 Å². The number of methoxy groups -OCH3 is 1. The molecular weight excluding hydrogens is 304 g/mol. The number of aromatic amines is 1. The second kappa shape index (κ2) is 5.98. The van der Waals surface area contributed by atoms with Crippen molar-refractivity contribution >= 4 is 5.91 Å². The van der Waals surface area contributed by atoms with Crippen LogP contribution in [0.3, 0.4) is 0 Å². The van der Waals surface area contributed by atoms with Crippen molar-refractivity contribution < 1.29 is 14.6 Å². The summed E-state index contributed by atoms with van der Waals surface area (Å²) in [6, 6.07) is 9.49. The summed E-state index contributed by atoms with van der Waals surface area (Å²) in [5.41, 5.74) is 2.80. The van der Waals surface area contributed by atoms with E-state index in [0.29, 0.717) is 18.9 Å². The van der Waals surface area contributed by atoms with E-state index in [1.54, 1.807) is 12.0 Å². The molecule has 1 amide bonds. The van der Waals surface area contributed by atoms with Gasteiger partial charge in [0.25, 0.3) is 5.91 Å². The molecule has 0 spiro atoms. The predicted octanol–water partition coefficient (Wildman–Crippen LogP) is 2.85. The number of benzene rings is 1. The molecule has 1 aromatic carbocycles. The minimum Gasteiger partial charge on any atom is -0.497 e. The fraction of sp³-hybridized carbons (Fsp3) is 0.421. The summed E-state index contributed by atoms with van der Waals surface area (Å²) in [6.07, 6.45) is 4.19. The second-order valence-corrected chi connectivity index (χ2v) is 6.72. The summed E-state index contributed by atoms with van der Waals surface area (Å²) in [6.45, 7) is 0.371. The van der Waals surface area contributed by atoms with Gasteiger partial charge in [-0.2, -0.15) is 0 Å². The molecule has 1 saturated carbocycles. The van der Waals surface area contributed by atoms with E-state index >= 15 is 0 Å². The van der Waals surface area contributed by atoms with Crippen LogP contribution in [0.5, 0.6) is 5.75 Å². The average molecular weight is 326 g/mol. The molecule has 2 fully saturated rings. The Morgan fingerprint density at radius 1 is 1.33 bits per heavy atom. The van der Waals surface area contributed by atoms with Gasteiger partial charge < -0.3 is 19.7 Å². The normalized spacial score (nSPS) is 23.5. The topological polar surface area (TPSA) is 65.6 Å². The number of carbonyl (C=O) groups excluding carboxylic acids is 1. The number of H-pyrrole nitrogens is 1. The van der Waals surface area contributed by atoms with E-state index < -0.39 is 6.10 Å². The molecule has 2 unspecified atom stereocenters. The lowest BCUT2D eigenvalue weighted by Gasteiger charge is -2.25. The van der Waals surface area contributed by atoms with Gasteiger partial charge in [0.1, 0.15) is 5.75 Å². The number of aliphatic hydroxyl groups is 1. The van der Waals surface area contributed by atoms with Crippen LogP contribution in [0.1, 0.15) is 52.8 Å². The third kappa shape index (κ3) is 2.69. The maximum Gasteiger partial charge on any atom is 0.256 e. The van der Waals surface area contributed by atoms with Gasteiger partial charge in [0, 0.05) is 18.4 Å². The van der Waals surface area contributed by atoms with Crippen molar-refractivity contribution in [2.75, 3.05) is 13.7 Å². The van der Waals surface area contributed by atoms with Crippen LogP contribution in [0.15, 0.2) is 36.5 Å². The smallest absolute Gasteiger partial charge is 0.256 e. The number of hydrogen-bond acceptors (Lipinski definition) is 3. The number of ether oxygens (including phenoxy) is 1. The Bertz CT molecular complexity index is 751. The Hall–Kier alpha value is -2.27. The van der Waals surface area contributed by atoms with E-state index in [2.05, 4.69) is 4.98 Å². The number of aliphatic hydroxyl groups excluding tert-OH is 1. The van der Waals surface area contributed by atoms with Crippen LogP contribution in [0.25, 0.3) is 0 Å². The zero-order valence-electron chi connectivity index (χ0n) is 13.7. The Balaban J connectivity index is 1.64. The number of nitrogens with zero attached hydrogens (tertiary/aromatic N) is 1. The fourth-order valence-corrected chi connectivity index (χ4v) is 3.64. The highest BCUT2D eigenvalue weighted by molar-refractivity contribution is 5.96. The van der Waals surface area contributed by atoms with Gasteiger partial charge >= 0.3 is 0 Å². The molecule has 4 rings (SSSR count). The first-order chi connectivity index (χ1) is 11.7. The third-order valence-electron chi connectivity index (χ3n) is 5.01. The number of β-amino-alcohol motifs (C(OH)–C–C–N with tert-alkyl or cyclic N) is 1. The number of rotatable bonds is 4. The van der Waals surface area contributed by atoms with Crippen molar-refractivity contribution in [3.05, 3.63) is 53.3 Å². The van der Waals surface area contributed by atoms with Crippen LogP contribution in [0.2, 0.25) is 0 Å². The molecule has 2 aromatic rings. The molecule has 2 aliphatic rings. The van der Waals surface area contributed by atoms with Crippen molar-refractivity contribution in [1.29, 1.82) is 0 Å². The quantitative estimate of drug-likeness (QED) is 0.908. The minimum absolute atomic E-state index is 0.00233. The first-order valence-electron chi connectivity index (χ1n) is 8.47. The number of likely N-dealkylation sites (tertiary alicyclic amines) is 1. The highest BCUT2D eigenvalue weighted by atomic mass is 16.5. The largest absolute Gasteiger partial charge is 0.497 e. The lowest BCUT2D eigenvalue weighted by Crippen LogP contribution is -2.32. The Labute approximate surface area is 141 Å². The summed E-state index contributed by atoms with van der Waals surface area (Å²) in [5, 5.41) is 10.2. The van der Waals surface area contributed by atoms with E-state index in [9.17, 15) is 9.90 Å². The molecular formula is C19H22N2O3.